The summed E-state index contributed by atoms with van der Waals surface area (Å²) in [4.78, 5) is 12.2. The van der Waals surface area contributed by atoms with E-state index in [0.29, 0.717) is 18.2 Å². The third-order valence-electron chi connectivity index (χ3n) is 3.47. The van der Waals surface area contributed by atoms with Crippen molar-refractivity contribution in [1.82, 2.24) is 15.1 Å². The van der Waals surface area contributed by atoms with Gasteiger partial charge in [-0.15, -0.1) is 0 Å². The van der Waals surface area contributed by atoms with Gasteiger partial charge < -0.3 is 10.1 Å². The van der Waals surface area contributed by atoms with Crippen LogP contribution in [-0.4, -0.2) is 22.9 Å². The Balaban J connectivity index is 2.52. The summed E-state index contributed by atoms with van der Waals surface area (Å²) < 4.78 is 6.80. The Kier molecular flexibility index (Phi) is 4.98. The van der Waals surface area contributed by atoms with Crippen molar-refractivity contribution in [2.75, 3.05) is 7.11 Å². The summed E-state index contributed by atoms with van der Waals surface area (Å²) in [5, 5.41) is 7.65. The van der Waals surface area contributed by atoms with E-state index in [9.17, 15) is 4.79 Å². The number of hydrogen-bond donors (Lipinski definition) is 1. The Hall–Kier alpha value is -2.14. The van der Waals surface area contributed by atoms with Crippen LogP contribution in [0.15, 0.2) is 29.1 Å². The fourth-order valence-electron chi connectivity index (χ4n) is 2.26. The number of nitrogens with one attached hydrogen (secondary N) is 1. The van der Waals surface area contributed by atoms with Gasteiger partial charge >= 0.3 is 0 Å². The molecular formula is C17H23N3O2. The zero-order valence-corrected chi connectivity index (χ0v) is 13.8. The quantitative estimate of drug-likeness (QED) is 0.920. The summed E-state index contributed by atoms with van der Waals surface area (Å²) in [6.07, 6.45) is 0. The Morgan fingerprint density at radius 1 is 1.32 bits per heavy atom. The molecule has 5 nitrogen and oxygen atoms in total. The molecule has 1 aromatic carbocycles. The zero-order valence-electron chi connectivity index (χ0n) is 13.8. The average Bonchev–Trinajstić information content (AvgIpc) is 2.48. The van der Waals surface area contributed by atoms with Crippen LogP contribution in [0, 0.1) is 6.92 Å². The maximum Gasteiger partial charge on any atom is 0.271 e. The first-order valence-electron chi connectivity index (χ1n) is 7.38. The highest BCUT2D eigenvalue weighted by Gasteiger charge is 2.12. The van der Waals surface area contributed by atoms with Gasteiger partial charge in [0.2, 0.25) is 0 Å². The number of hydrogen-bond acceptors (Lipinski definition) is 4. The highest BCUT2D eigenvalue weighted by Crippen LogP contribution is 2.29. The summed E-state index contributed by atoms with van der Waals surface area (Å²) in [5.74, 6) is 0.750. The Bertz CT molecular complexity index is 720. The highest BCUT2D eigenvalue weighted by atomic mass is 16.5. The molecule has 0 aliphatic heterocycles. The first kappa shape index (κ1) is 16.2. The minimum Gasteiger partial charge on any atom is -0.496 e. The predicted octanol–water partition coefficient (Wildman–Crippen LogP) is 2.26. The molecule has 1 aromatic heterocycles. The number of aromatic nitrogens is 2. The Morgan fingerprint density at radius 2 is 2.05 bits per heavy atom. The topological polar surface area (TPSA) is 56.1 Å². The van der Waals surface area contributed by atoms with Crippen molar-refractivity contribution in [3.63, 3.8) is 0 Å². The average molecular weight is 301 g/mol. The van der Waals surface area contributed by atoms with Gasteiger partial charge in [-0.05, 0) is 25.1 Å². The monoisotopic (exact) mass is 301 g/mol. The number of aryl methyl sites for hydroxylation is 2. The summed E-state index contributed by atoms with van der Waals surface area (Å²) in [5.41, 5.74) is 3.37. The van der Waals surface area contributed by atoms with E-state index in [2.05, 4.69) is 24.3 Å². The van der Waals surface area contributed by atoms with Crippen LogP contribution in [0.25, 0.3) is 11.3 Å². The maximum absolute atomic E-state index is 12.2. The molecule has 0 aliphatic rings. The molecule has 0 fully saturated rings. The van der Waals surface area contributed by atoms with E-state index in [4.69, 9.17) is 4.74 Å². The second-order valence-corrected chi connectivity index (χ2v) is 5.72. The summed E-state index contributed by atoms with van der Waals surface area (Å²) in [6, 6.07) is 8.09. The van der Waals surface area contributed by atoms with Gasteiger partial charge in [0, 0.05) is 30.8 Å². The second-order valence-electron chi connectivity index (χ2n) is 5.72. The second kappa shape index (κ2) is 6.75. The minimum absolute atomic E-state index is 0.0801. The van der Waals surface area contributed by atoms with Crippen molar-refractivity contribution in [3.8, 4) is 17.0 Å². The molecule has 0 amide bonds. The number of benzene rings is 1. The van der Waals surface area contributed by atoms with Crippen molar-refractivity contribution >= 4 is 0 Å². The minimum atomic E-state index is -0.0801. The van der Waals surface area contributed by atoms with Crippen LogP contribution in [0.1, 0.15) is 25.0 Å². The van der Waals surface area contributed by atoms with Gasteiger partial charge in [-0.2, -0.15) is 5.10 Å². The third-order valence-corrected chi connectivity index (χ3v) is 3.47. The van der Waals surface area contributed by atoms with Gasteiger partial charge in [-0.25, -0.2) is 4.68 Å². The molecule has 0 atom stereocenters. The molecule has 1 heterocycles. The first-order chi connectivity index (χ1) is 10.4. The lowest BCUT2D eigenvalue weighted by Crippen LogP contribution is -2.30. The van der Waals surface area contributed by atoms with Crippen LogP contribution in [-0.2, 0) is 13.6 Å². The molecule has 0 bridgehead atoms. The highest BCUT2D eigenvalue weighted by molar-refractivity contribution is 5.68. The van der Waals surface area contributed by atoms with Crippen molar-refractivity contribution < 1.29 is 4.74 Å². The molecule has 0 unspecified atom stereocenters. The van der Waals surface area contributed by atoms with Gasteiger partial charge in [0.25, 0.3) is 5.56 Å². The largest absolute Gasteiger partial charge is 0.496 e. The lowest BCUT2D eigenvalue weighted by molar-refractivity contribution is 0.416. The van der Waals surface area contributed by atoms with Crippen LogP contribution < -0.4 is 15.6 Å². The van der Waals surface area contributed by atoms with Gasteiger partial charge in [-0.3, -0.25) is 4.79 Å². The van der Waals surface area contributed by atoms with Gasteiger partial charge in [-0.1, -0.05) is 25.5 Å². The lowest BCUT2D eigenvalue weighted by atomic mass is 10.1. The van der Waals surface area contributed by atoms with E-state index < -0.39 is 0 Å². The third kappa shape index (κ3) is 3.54. The Morgan fingerprint density at radius 3 is 2.68 bits per heavy atom. The molecule has 22 heavy (non-hydrogen) atoms. The van der Waals surface area contributed by atoms with E-state index in [0.717, 1.165) is 22.6 Å². The molecule has 0 radical (unpaired) electrons. The van der Waals surface area contributed by atoms with Gasteiger partial charge in [0.05, 0.1) is 12.8 Å². The van der Waals surface area contributed by atoms with Crippen molar-refractivity contribution in [2.24, 2.45) is 7.05 Å². The van der Waals surface area contributed by atoms with Crippen molar-refractivity contribution in [2.45, 2.75) is 33.4 Å². The molecule has 5 heteroatoms. The summed E-state index contributed by atoms with van der Waals surface area (Å²) >= 11 is 0. The van der Waals surface area contributed by atoms with Crippen LogP contribution in [0.3, 0.4) is 0 Å². The fraction of sp³-hybridized carbons (Fsp3) is 0.412. The molecule has 0 saturated heterocycles. The van der Waals surface area contributed by atoms with E-state index in [1.807, 2.05) is 31.2 Å². The lowest BCUT2D eigenvalue weighted by Gasteiger charge is -2.13. The van der Waals surface area contributed by atoms with Gasteiger partial charge in [0.15, 0.2) is 0 Å². The van der Waals surface area contributed by atoms with E-state index in [1.165, 1.54) is 4.68 Å². The number of ether oxygens (including phenoxy) is 1. The predicted molar refractivity (Wildman–Crippen MR) is 88.2 cm³/mol. The number of methoxy groups -OCH3 is 1. The normalized spacial score (nSPS) is 11.0. The summed E-state index contributed by atoms with van der Waals surface area (Å²) in [6.45, 7) is 6.65. The van der Waals surface area contributed by atoms with Gasteiger partial charge in [0.1, 0.15) is 5.75 Å². The summed E-state index contributed by atoms with van der Waals surface area (Å²) in [7, 11) is 3.31. The molecular weight excluding hydrogens is 278 g/mol. The van der Waals surface area contributed by atoms with E-state index >= 15 is 0 Å². The molecule has 0 spiro atoms. The van der Waals surface area contributed by atoms with Crippen LogP contribution in [0.5, 0.6) is 5.75 Å². The molecule has 0 saturated carbocycles. The molecule has 2 aromatic rings. The van der Waals surface area contributed by atoms with Crippen LogP contribution in [0.4, 0.5) is 0 Å². The zero-order chi connectivity index (χ0) is 16.3. The maximum atomic E-state index is 12.2. The van der Waals surface area contributed by atoms with E-state index in [-0.39, 0.29) is 5.56 Å². The molecule has 1 N–H and O–H groups in total. The molecule has 118 valence electrons. The smallest absolute Gasteiger partial charge is 0.271 e. The van der Waals surface area contributed by atoms with Crippen LogP contribution in [0.2, 0.25) is 0 Å². The van der Waals surface area contributed by atoms with Crippen LogP contribution >= 0.6 is 0 Å². The molecule has 0 aliphatic carbocycles. The standard InChI is InChI=1S/C17H23N3O2/c1-11(2)18-10-13-9-15(19-20(4)17(13)21)14-8-12(3)6-7-16(14)22-5/h6-9,11,18H,10H2,1-5H3. The first-order valence-corrected chi connectivity index (χ1v) is 7.38. The van der Waals surface area contributed by atoms with Crippen molar-refractivity contribution in [3.05, 3.63) is 45.7 Å². The number of nitrogens with zero attached hydrogens (tertiary/aromatic N) is 2. The fourth-order valence-corrected chi connectivity index (χ4v) is 2.26. The van der Waals surface area contributed by atoms with Crippen molar-refractivity contribution in [1.29, 1.82) is 0 Å². The Labute approximate surface area is 130 Å². The SMILES string of the molecule is COc1ccc(C)cc1-c1cc(CNC(C)C)c(=O)n(C)n1. The molecule has 2 rings (SSSR count). The number of rotatable bonds is 5. The van der Waals surface area contributed by atoms with E-state index in [1.54, 1.807) is 14.2 Å².